The quantitative estimate of drug-likeness (QED) is 0.845. The highest BCUT2D eigenvalue weighted by atomic mass is 35.5. The van der Waals surface area contributed by atoms with Crippen LogP contribution in [0, 0.1) is 0 Å². The molecule has 1 aliphatic rings. The third-order valence-electron chi connectivity index (χ3n) is 4.01. The van der Waals surface area contributed by atoms with Crippen LogP contribution in [0.25, 0.3) is 0 Å². The summed E-state index contributed by atoms with van der Waals surface area (Å²) in [4.78, 5) is 12.9. The minimum atomic E-state index is -1.50. The highest BCUT2D eigenvalue weighted by Crippen LogP contribution is 2.37. The van der Waals surface area contributed by atoms with Crippen LogP contribution in [-0.4, -0.2) is 16.0 Å². The van der Waals surface area contributed by atoms with Gasteiger partial charge >= 0.3 is 0 Å². The van der Waals surface area contributed by atoms with Gasteiger partial charge in [0, 0.05) is 33.3 Å². The van der Waals surface area contributed by atoms with Crippen LogP contribution in [-0.2, 0) is 5.72 Å². The first-order valence-corrected chi connectivity index (χ1v) is 8.20. The molecule has 0 saturated carbocycles. The Balaban J connectivity index is 2.01. The lowest BCUT2D eigenvalue weighted by Crippen LogP contribution is -2.49. The van der Waals surface area contributed by atoms with Gasteiger partial charge in [-0.2, -0.15) is 0 Å². The molecular weight excluding hydrogens is 347 g/mol. The number of amides is 1. The van der Waals surface area contributed by atoms with Gasteiger partial charge in [-0.05, 0) is 43.3 Å². The van der Waals surface area contributed by atoms with Crippen LogP contribution < -0.4 is 5.43 Å². The van der Waals surface area contributed by atoms with E-state index in [0.717, 1.165) is 5.70 Å². The van der Waals surface area contributed by atoms with E-state index in [-0.39, 0.29) is 12.3 Å². The molecule has 4 nitrogen and oxygen atoms in total. The minimum Gasteiger partial charge on any atom is -0.365 e. The number of hydrogen-bond acceptors (Lipinski definition) is 3. The third-order valence-corrected chi connectivity index (χ3v) is 4.52. The van der Waals surface area contributed by atoms with Gasteiger partial charge in [0.05, 0.1) is 0 Å². The molecule has 1 aliphatic heterocycles. The lowest BCUT2D eigenvalue weighted by molar-refractivity contribution is -0.0835. The van der Waals surface area contributed by atoms with E-state index in [9.17, 15) is 9.90 Å². The molecule has 1 fully saturated rings. The van der Waals surface area contributed by atoms with E-state index in [0.29, 0.717) is 21.2 Å². The number of carbonyl (C=O) groups is 1. The molecule has 1 heterocycles. The highest BCUT2D eigenvalue weighted by molar-refractivity contribution is 6.30. The zero-order valence-corrected chi connectivity index (χ0v) is 14.5. The topological polar surface area (TPSA) is 52.6 Å². The zero-order valence-electron chi connectivity index (χ0n) is 13.0. The van der Waals surface area contributed by atoms with E-state index in [1.165, 1.54) is 5.01 Å². The van der Waals surface area contributed by atoms with E-state index in [1.54, 1.807) is 48.5 Å². The maximum absolute atomic E-state index is 12.9. The van der Waals surface area contributed by atoms with Crippen molar-refractivity contribution in [2.75, 3.05) is 0 Å². The molecule has 24 heavy (non-hydrogen) atoms. The van der Waals surface area contributed by atoms with Crippen molar-refractivity contribution >= 4 is 29.1 Å². The van der Waals surface area contributed by atoms with Gasteiger partial charge in [0.2, 0.25) is 0 Å². The van der Waals surface area contributed by atoms with Gasteiger partial charge in [-0.15, -0.1) is 0 Å². The minimum absolute atomic E-state index is 0.268. The van der Waals surface area contributed by atoms with E-state index < -0.39 is 5.72 Å². The van der Waals surface area contributed by atoms with Crippen molar-refractivity contribution in [2.45, 2.75) is 19.1 Å². The molecular formula is C18H16Cl2N2O2. The Bertz CT molecular complexity index is 788. The van der Waals surface area contributed by atoms with Gasteiger partial charge in [0.25, 0.3) is 5.91 Å². The first kappa shape index (κ1) is 16.8. The summed E-state index contributed by atoms with van der Waals surface area (Å²) in [6, 6.07) is 13.3. The van der Waals surface area contributed by atoms with Crippen LogP contribution in [0.2, 0.25) is 10.0 Å². The highest BCUT2D eigenvalue weighted by Gasteiger charge is 2.46. The Morgan fingerprint density at radius 2 is 1.67 bits per heavy atom. The second-order valence-electron chi connectivity index (χ2n) is 5.57. The van der Waals surface area contributed by atoms with Crippen LogP contribution in [0.1, 0.15) is 29.3 Å². The second kappa shape index (κ2) is 6.48. The summed E-state index contributed by atoms with van der Waals surface area (Å²) in [7, 11) is 0. The van der Waals surface area contributed by atoms with E-state index in [1.807, 2.05) is 13.0 Å². The number of nitrogens with zero attached hydrogens (tertiary/aromatic N) is 1. The fraction of sp³-hybridized carbons (Fsp3) is 0.167. The maximum Gasteiger partial charge on any atom is 0.275 e. The fourth-order valence-corrected chi connectivity index (χ4v) is 2.93. The Morgan fingerprint density at radius 3 is 2.21 bits per heavy atom. The molecule has 2 aromatic rings. The summed E-state index contributed by atoms with van der Waals surface area (Å²) in [6.07, 6.45) is 2.10. The number of hydrazine groups is 1. The maximum atomic E-state index is 12.9. The normalized spacial score (nSPS) is 21.8. The SMILES string of the molecule is CC=C1CC(O)(c2ccc(Cl)cc2)N(C(=O)c2ccc(Cl)cc2)N1. The number of halogens is 2. The van der Waals surface area contributed by atoms with E-state index in [2.05, 4.69) is 5.43 Å². The lowest BCUT2D eigenvalue weighted by Gasteiger charge is -2.32. The van der Waals surface area contributed by atoms with Gasteiger partial charge in [0.15, 0.2) is 5.72 Å². The number of rotatable bonds is 2. The molecule has 2 aromatic carbocycles. The lowest BCUT2D eigenvalue weighted by atomic mass is 9.98. The Hall–Kier alpha value is -2.01. The average Bonchev–Trinajstić information content (AvgIpc) is 2.93. The molecule has 0 aromatic heterocycles. The van der Waals surface area contributed by atoms with Crippen molar-refractivity contribution in [3.8, 4) is 0 Å². The first-order valence-electron chi connectivity index (χ1n) is 7.44. The molecule has 1 saturated heterocycles. The average molecular weight is 363 g/mol. The second-order valence-corrected chi connectivity index (χ2v) is 6.45. The zero-order chi connectivity index (χ0) is 17.3. The summed E-state index contributed by atoms with van der Waals surface area (Å²) in [5.74, 6) is -0.346. The molecule has 0 aliphatic carbocycles. The van der Waals surface area contributed by atoms with Crippen LogP contribution >= 0.6 is 23.2 Å². The first-order chi connectivity index (χ1) is 11.4. The Morgan fingerprint density at radius 1 is 1.12 bits per heavy atom. The van der Waals surface area contributed by atoms with Crippen molar-refractivity contribution < 1.29 is 9.90 Å². The summed E-state index contributed by atoms with van der Waals surface area (Å²) in [5.41, 5.74) is 3.26. The molecule has 1 unspecified atom stereocenters. The van der Waals surface area contributed by atoms with Gasteiger partial charge in [-0.25, -0.2) is 5.01 Å². The molecule has 0 radical (unpaired) electrons. The van der Waals surface area contributed by atoms with Crippen molar-refractivity contribution in [3.05, 3.63) is 81.5 Å². The molecule has 1 amide bonds. The summed E-state index contributed by atoms with van der Waals surface area (Å²) in [6.45, 7) is 1.85. The number of hydrogen-bond donors (Lipinski definition) is 2. The molecule has 2 N–H and O–H groups in total. The number of aliphatic hydroxyl groups is 1. The standard InChI is InChI=1S/C18H16Cl2N2O2/c1-2-16-11-18(24,13-5-9-15(20)10-6-13)22(21-16)17(23)12-3-7-14(19)8-4-12/h2-10,21,24H,11H2,1H3. The van der Waals surface area contributed by atoms with E-state index in [4.69, 9.17) is 23.2 Å². The number of benzene rings is 2. The fourth-order valence-electron chi connectivity index (χ4n) is 2.68. The smallest absolute Gasteiger partial charge is 0.275 e. The molecule has 0 bridgehead atoms. The van der Waals surface area contributed by atoms with E-state index >= 15 is 0 Å². The van der Waals surface area contributed by atoms with Gasteiger partial charge < -0.3 is 5.11 Å². The predicted molar refractivity (Wildman–Crippen MR) is 94.5 cm³/mol. The molecule has 3 rings (SSSR count). The molecule has 124 valence electrons. The van der Waals surface area contributed by atoms with Crippen molar-refractivity contribution in [3.63, 3.8) is 0 Å². The van der Waals surface area contributed by atoms with Crippen LogP contribution in [0.3, 0.4) is 0 Å². The van der Waals surface area contributed by atoms with Crippen LogP contribution in [0.5, 0.6) is 0 Å². The summed E-state index contributed by atoms with van der Waals surface area (Å²) in [5, 5.41) is 13.6. The van der Waals surface area contributed by atoms with Crippen LogP contribution in [0.4, 0.5) is 0 Å². The monoisotopic (exact) mass is 362 g/mol. The number of carbonyl (C=O) groups excluding carboxylic acids is 1. The van der Waals surface area contributed by atoms with Gasteiger partial charge in [-0.1, -0.05) is 41.4 Å². The van der Waals surface area contributed by atoms with Crippen molar-refractivity contribution in [1.82, 2.24) is 10.4 Å². The summed E-state index contributed by atoms with van der Waals surface area (Å²) < 4.78 is 0. The molecule has 0 spiro atoms. The largest absolute Gasteiger partial charge is 0.365 e. The van der Waals surface area contributed by atoms with Gasteiger partial charge in [0.1, 0.15) is 0 Å². The van der Waals surface area contributed by atoms with Crippen LogP contribution in [0.15, 0.2) is 60.3 Å². The number of nitrogens with one attached hydrogen (secondary N) is 1. The predicted octanol–water partition coefficient (Wildman–Crippen LogP) is 4.09. The Labute approximate surface area is 150 Å². The number of allylic oxidation sites excluding steroid dienone is 1. The molecule has 1 atom stereocenters. The summed E-state index contributed by atoms with van der Waals surface area (Å²) >= 11 is 11.8. The van der Waals surface area contributed by atoms with Crippen molar-refractivity contribution in [2.24, 2.45) is 0 Å². The van der Waals surface area contributed by atoms with Gasteiger partial charge in [-0.3, -0.25) is 10.2 Å². The molecule has 6 heteroatoms. The van der Waals surface area contributed by atoms with Crippen molar-refractivity contribution in [1.29, 1.82) is 0 Å². The Kier molecular flexibility index (Phi) is 4.54. The third kappa shape index (κ3) is 3.00.